The van der Waals surface area contributed by atoms with Crippen molar-refractivity contribution in [2.24, 2.45) is 0 Å². The number of benzene rings is 12. The third kappa shape index (κ3) is 8.64. The molecule has 0 spiro atoms. The summed E-state index contributed by atoms with van der Waals surface area (Å²) >= 11 is 0. The van der Waals surface area contributed by atoms with Gasteiger partial charge in [0.25, 0.3) is 0 Å². The van der Waals surface area contributed by atoms with Crippen LogP contribution in [0.15, 0.2) is 328 Å². The molecule has 0 radical (unpaired) electrons. The van der Waals surface area contributed by atoms with Gasteiger partial charge in [0.1, 0.15) is 0 Å². The molecule has 0 saturated heterocycles. The first-order valence-corrected chi connectivity index (χ1v) is 33.7. The highest BCUT2D eigenvalue weighted by Crippen LogP contribution is 2.35. The van der Waals surface area contributed by atoms with Crippen LogP contribution in [0.5, 0.6) is 0 Å². The van der Waals surface area contributed by atoms with Gasteiger partial charge in [-0.25, -0.2) is 15.0 Å². The fraction of sp³-hybridized carbons (Fsp3) is 0. The van der Waals surface area contributed by atoms with E-state index in [4.69, 9.17) is 29.9 Å². The molecule has 10 heteroatoms. The van der Waals surface area contributed by atoms with Crippen LogP contribution in [0.1, 0.15) is 0 Å². The van der Waals surface area contributed by atoms with E-state index in [1.54, 1.807) is 0 Å². The van der Waals surface area contributed by atoms with Crippen LogP contribution >= 0.6 is 0 Å². The van der Waals surface area contributed by atoms with Crippen LogP contribution in [-0.2, 0) is 0 Å². The van der Waals surface area contributed by atoms with E-state index in [9.17, 15) is 0 Å². The minimum Gasteiger partial charge on any atom is -0.278 e. The van der Waals surface area contributed by atoms with Crippen molar-refractivity contribution in [2.75, 3.05) is 0 Å². The summed E-state index contributed by atoms with van der Waals surface area (Å²) in [5.74, 6) is 2.43. The van der Waals surface area contributed by atoms with Gasteiger partial charge < -0.3 is 0 Å². The first-order valence-electron chi connectivity index (χ1n) is 29.7. The second-order valence-corrected chi connectivity index (χ2v) is 29.8. The van der Waals surface area contributed by atoms with E-state index in [0.717, 1.165) is 54.7 Å². The molecule has 0 aliphatic heterocycles. The zero-order valence-corrected chi connectivity index (χ0v) is 49.8. The third-order valence-electron chi connectivity index (χ3n) is 17.4. The van der Waals surface area contributed by atoms with Gasteiger partial charge in [-0.2, -0.15) is 15.0 Å². The summed E-state index contributed by atoms with van der Waals surface area (Å²) in [4.78, 5) is 33.3. The molecule has 0 aliphatic rings. The van der Waals surface area contributed by atoms with Gasteiger partial charge in [-0.15, -0.1) is 0 Å². The van der Waals surface area contributed by atoms with Crippen LogP contribution in [0.2, 0.25) is 0 Å². The molecule has 414 valence electrons. The van der Waals surface area contributed by atoms with Gasteiger partial charge in [-0.1, -0.05) is 303 Å². The molecular formula is C78H54N8Si2. The average Bonchev–Trinajstić information content (AvgIpc) is 2.29. The number of aromatic nitrogens is 8. The number of rotatable bonds is 13. The molecule has 4 heterocycles. The Kier molecular flexibility index (Phi) is 13.0. The first-order chi connectivity index (χ1) is 43.6. The van der Waals surface area contributed by atoms with Crippen molar-refractivity contribution in [3.63, 3.8) is 0 Å². The molecule has 88 heavy (non-hydrogen) atoms. The van der Waals surface area contributed by atoms with E-state index in [1.807, 2.05) is 0 Å². The summed E-state index contributed by atoms with van der Waals surface area (Å²) in [7, 11) is -6.03. The summed E-state index contributed by atoms with van der Waals surface area (Å²) in [6.45, 7) is 0. The summed E-state index contributed by atoms with van der Waals surface area (Å²) in [6.07, 6.45) is 0. The number of hydrogen-bond acceptors (Lipinski definition) is 6. The van der Waals surface area contributed by atoms with Gasteiger partial charge in [0.05, 0.1) is 22.1 Å². The topological polar surface area (TPSA) is 87.2 Å². The lowest BCUT2D eigenvalue weighted by atomic mass is 10.2. The highest BCUT2D eigenvalue weighted by atomic mass is 28.3. The first kappa shape index (κ1) is 52.3. The molecule has 0 unspecified atom stereocenters. The van der Waals surface area contributed by atoms with E-state index < -0.39 is 16.1 Å². The molecule has 0 amide bonds. The van der Waals surface area contributed by atoms with Crippen LogP contribution in [0.25, 0.3) is 89.9 Å². The van der Waals surface area contributed by atoms with Crippen molar-refractivity contribution in [2.45, 2.75) is 0 Å². The average molecular weight is 1160 g/mol. The van der Waals surface area contributed by atoms with Crippen molar-refractivity contribution in [3.05, 3.63) is 328 Å². The van der Waals surface area contributed by atoms with Crippen LogP contribution in [-0.4, -0.2) is 55.2 Å². The quantitative estimate of drug-likeness (QED) is 0.0844. The highest BCUT2D eigenvalue weighted by molar-refractivity contribution is 7.20. The molecule has 0 saturated carbocycles. The zero-order chi connectivity index (χ0) is 58.4. The monoisotopic (exact) mass is 1160 g/mol. The number of fused-ring (bicyclic) bond motifs is 6. The lowest BCUT2D eigenvalue weighted by Crippen LogP contribution is -2.74. The van der Waals surface area contributed by atoms with Gasteiger partial charge in [-0.3, -0.25) is 9.13 Å². The van der Waals surface area contributed by atoms with Gasteiger partial charge in [0, 0.05) is 32.7 Å². The number of nitrogens with zero attached hydrogens (tertiary/aromatic N) is 8. The van der Waals surface area contributed by atoms with Crippen molar-refractivity contribution in [1.82, 2.24) is 39.0 Å². The summed E-state index contributed by atoms with van der Waals surface area (Å²) < 4.78 is 4.29. The summed E-state index contributed by atoms with van der Waals surface area (Å²) in [5.41, 5.74) is 5.52. The molecule has 0 N–H and O–H groups in total. The molecule has 12 aromatic carbocycles. The Morgan fingerprint density at radius 2 is 0.432 bits per heavy atom. The molecule has 16 rings (SSSR count). The molecular weight excluding hydrogens is 1110 g/mol. The molecule has 0 fully saturated rings. The Bertz CT molecular complexity index is 4600. The number of hydrogen-bond donors (Lipinski definition) is 0. The van der Waals surface area contributed by atoms with Crippen LogP contribution in [0.3, 0.4) is 0 Å². The van der Waals surface area contributed by atoms with E-state index in [1.165, 1.54) is 41.5 Å². The standard InChI is InChI=1S/C78H54N8Si2/c1-7-31-57(32-8-1)87(58-33-9-2-10-34-58,59-35-11-3-12-36-59)63-43-27-29-55(53-63)73-79-74(56-30-28-44-64(54-56)88(60-37-13-4-14-38-60,61-39-15-5-16-40-61)62-41-17-6-18-42-62)81-75(80-73)76-82-77(85-69-49-23-19-45-65(69)66-46-20-24-50-70(66)85)84-78(83-76)86-71-51-25-21-47-67(71)68-48-22-26-52-72(68)86/h1-54H. The second-order valence-electron chi connectivity index (χ2n) is 22.2. The minimum atomic E-state index is -3.02. The Morgan fingerprint density at radius 3 is 0.727 bits per heavy atom. The normalized spacial score (nSPS) is 11.9. The maximum Gasteiger partial charge on any atom is 0.240 e. The lowest BCUT2D eigenvalue weighted by molar-refractivity contribution is 0.881. The molecule has 16 aromatic rings. The summed E-state index contributed by atoms with van der Waals surface area (Å²) in [6, 6.07) is 118. The second kappa shape index (κ2) is 22.0. The zero-order valence-electron chi connectivity index (χ0n) is 47.8. The predicted molar refractivity (Wildman–Crippen MR) is 365 cm³/mol. The fourth-order valence-electron chi connectivity index (χ4n) is 13.6. The van der Waals surface area contributed by atoms with E-state index in [0.29, 0.717) is 35.2 Å². The van der Waals surface area contributed by atoms with Crippen molar-refractivity contribution in [3.8, 4) is 46.3 Å². The molecule has 8 nitrogen and oxygen atoms in total. The Morgan fingerprint density at radius 1 is 0.193 bits per heavy atom. The largest absolute Gasteiger partial charge is 0.278 e. The van der Waals surface area contributed by atoms with Crippen molar-refractivity contribution in [1.29, 1.82) is 0 Å². The van der Waals surface area contributed by atoms with E-state index in [-0.39, 0.29) is 0 Å². The number of para-hydroxylation sites is 4. The van der Waals surface area contributed by atoms with E-state index in [2.05, 4.69) is 337 Å². The molecule has 0 atom stereocenters. The Hall–Kier alpha value is -11.3. The van der Waals surface area contributed by atoms with Crippen molar-refractivity contribution < 1.29 is 0 Å². The molecule has 0 bridgehead atoms. The van der Waals surface area contributed by atoms with Crippen LogP contribution in [0.4, 0.5) is 0 Å². The van der Waals surface area contributed by atoms with Crippen LogP contribution in [0, 0.1) is 0 Å². The minimum absolute atomic E-state index is 0.295. The molecule has 4 aromatic heterocycles. The van der Waals surface area contributed by atoms with Gasteiger partial charge in [0.15, 0.2) is 27.8 Å². The SMILES string of the molecule is c1ccc([Si](c2ccccc2)(c2ccccc2)c2cccc(-c3nc(-c4cccc([Si](c5ccccc5)(c5ccccc5)c5ccccc5)c4)nc(-c4nc(-n5c6ccccc6c6ccccc65)nc(-n5c6ccccc6c6ccccc65)n4)n3)c2)cc1. The predicted octanol–water partition coefficient (Wildman–Crippen LogP) is 12.0. The van der Waals surface area contributed by atoms with Crippen LogP contribution < -0.4 is 41.5 Å². The third-order valence-corrected chi connectivity index (χ3v) is 26.9. The van der Waals surface area contributed by atoms with E-state index >= 15 is 0 Å². The smallest absolute Gasteiger partial charge is 0.240 e. The van der Waals surface area contributed by atoms with Crippen molar-refractivity contribution >= 4 is 101 Å². The highest BCUT2D eigenvalue weighted by Gasteiger charge is 2.43. The molecule has 0 aliphatic carbocycles. The van der Waals surface area contributed by atoms with Gasteiger partial charge >= 0.3 is 0 Å². The Balaban J connectivity index is 0.989. The Labute approximate surface area is 511 Å². The maximum absolute atomic E-state index is 5.62. The fourth-order valence-corrected chi connectivity index (χ4v) is 23.2. The van der Waals surface area contributed by atoms with Gasteiger partial charge in [0.2, 0.25) is 23.5 Å². The lowest BCUT2D eigenvalue weighted by Gasteiger charge is -2.34. The maximum atomic E-state index is 5.62. The summed E-state index contributed by atoms with van der Waals surface area (Å²) in [5, 5.41) is 14.3. The van der Waals surface area contributed by atoms with Gasteiger partial charge in [-0.05, 0) is 65.8 Å².